The zero-order chi connectivity index (χ0) is 12.4. The van der Waals surface area contributed by atoms with Crippen LogP contribution in [0.3, 0.4) is 0 Å². The Morgan fingerprint density at radius 3 is 3.00 bits per heavy atom. The minimum atomic E-state index is 0.184. The van der Waals surface area contributed by atoms with E-state index in [1.807, 2.05) is 6.07 Å². The second kappa shape index (κ2) is 4.99. The number of rotatable bonds is 3. The normalized spacial score (nSPS) is 20.4. The van der Waals surface area contributed by atoms with Crippen molar-refractivity contribution in [2.45, 2.75) is 37.6 Å². The lowest BCUT2D eigenvalue weighted by molar-refractivity contribution is 0.458. The highest BCUT2D eigenvalue weighted by Crippen LogP contribution is 2.34. The molecule has 0 radical (unpaired) electrons. The highest BCUT2D eigenvalue weighted by molar-refractivity contribution is 5.34. The van der Waals surface area contributed by atoms with Gasteiger partial charge in [-0.3, -0.25) is 0 Å². The maximum Gasteiger partial charge on any atom is 0.0935 e. The van der Waals surface area contributed by atoms with Crippen LogP contribution in [0, 0.1) is 0 Å². The van der Waals surface area contributed by atoms with Crippen LogP contribution in [0.4, 0.5) is 0 Å². The van der Waals surface area contributed by atoms with Crippen LogP contribution in [-0.4, -0.2) is 6.04 Å². The maximum atomic E-state index is 6.41. The van der Waals surface area contributed by atoms with Crippen LogP contribution in [0.25, 0.3) is 0 Å². The topological polar surface area (TPSA) is 39.2 Å². The lowest BCUT2D eigenvalue weighted by Gasteiger charge is -2.30. The monoisotopic (exact) mass is 241 g/mol. The first-order valence-electron chi connectivity index (χ1n) is 6.69. The first kappa shape index (κ1) is 11.5. The van der Waals surface area contributed by atoms with Gasteiger partial charge in [0, 0.05) is 6.04 Å². The first-order chi connectivity index (χ1) is 8.84. The third kappa shape index (κ3) is 2.21. The van der Waals surface area contributed by atoms with Gasteiger partial charge in [-0.25, -0.2) is 0 Å². The van der Waals surface area contributed by atoms with Gasteiger partial charge in [-0.15, -0.1) is 0 Å². The van der Waals surface area contributed by atoms with Crippen LogP contribution in [0.15, 0.2) is 47.3 Å². The van der Waals surface area contributed by atoms with Gasteiger partial charge in [0.25, 0.3) is 0 Å². The minimum absolute atomic E-state index is 0.184. The molecule has 1 heterocycles. The van der Waals surface area contributed by atoms with E-state index in [0.29, 0.717) is 5.92 Å². The zero-order valence-corrected chi connectivity index (χ0v) is 10.5. The molecule has 1 aromatic heterocycles. The standard InChI is InChI=1S/C16H19NO/c17-16(10-12-8-9-18-11-12)15-7-3-5-13-4-1-2-6-14(13)15/h1-2,4,6,8-9,11,15-16H,3,5,7,10,17H2. The van der Waals surface area contributed by atoms with Crippen molar-refractivity contribution in [3.8, 4) is 0 Å². The summed E-state index contributed by atoms with van der Waals surface area (Å²) < 4.78 is 5.12. The van der Waals surface area contributed by atoms with E-state index in [0.717, 1.165) is 6.42 Å². The van der Waals surface area contributed by atoms with Crippen molar-refractivity contribution >= 4 is 0 Å². The summed E-state index contributed by atoms with van der Waals surface area (Å²) >= 11 is 0. The Morgan fingerprint density at radius 2 is 2.17 bits per heavy atom. The molecule has 0 aliphatic heterocycles. The number of nitrogens with two attached hydrogens (primary N) is 1. The first-order valence-corrected chi connectivity index (χ1v) is 6.69. The van der Waals surface area contributed by atoms with Gasteiger partial charge in [0.05, 0.1) is 12.5 Å². The van der Waals surface area contributed by atoms with E-state index < -0.39 is 0 Å². The summed E-state index contributed by atoms with van der Waals surface area (Å²) in [5.74, 6) is 0.491. The van der Waals surface area contributed by atoms with Gasteiger partial charge in [0.2, 0.25) is 0 Å². The highest BCUT2D eigenvalue weighted by Gasteiger charge is 2.25. The van der Waals surface area contributed by atoms with Crippen molar-refractivity contribution in [2.75, 3.05) is 0 Å². The number of aryl methyl sites for hydroxylation is 1. The fraction of sp³-hybridized carbons (Fsp3) is 0.375. The number of furan rings is 1. The molecule has 94 valence electrons. The Hall–Kier alpha value is -1.54. The highest BCUT2D eigenvalue weighted by atomic mass is 16.3. The largest absolute Gasteiger partial charge is 0.472 e. The summed E-state index contributed by atoms with van der Waals surface area (Å²) in [5.41, 5.74) is 10.6. The molecule has 2 nitrogen and oxygen atoms in total. The summed E-state index contributed by atoms with van der Waals surface area (Å²) in [7, 11) is 0. The van der Waals surface area contributed by atoms with Crippen molar-refractivity contribution in [1.29, 1.82) is 0 Å². The molecule has 2 heteroatoms. The molecule has 3 rings (SSSR count). The predicted molar refractivity (Wildman–Crippen MR) is 72.5 cm³/mol. The maximum absolute atomic E-state index is 6.41. The Kier molecular flexibility index (Phi) is 3.20. The van der Waals surface area contributed by atoms with Crippen molar-refractivity contribution in [1.82, 2.24) is 0 Å². The van der Waals surface area contributed by atoms with Gasteiger partial charge < -0.3 is 10.2 Å². The molecule has 0 saturated heterocycles. The Balaban J connectivity index is 1.80. The van der Waals surface area contributed by atoms with Gasteiger partial charge in [0.15, 0.2) is 0 Å². The molecule has 0 spiro atoms. The fourth-order valence-corrected chi connectivity index (χ4v) is 3.06. The Morgan fingerprint density at radius 1 is 1.28 bits per heavy atom. The molecular formula is C16H19NO. The van der Waals surface area contributed by atoms with Gasteiger partial charge >= 0.3 is 0 Å². The molecule has 2 atom stereocenters. The molecule has 0 saturated carbocycles. The van der Waals surface area contributed by atoms with E-state index in [1.165, 1.54) is 36.0 Å². The van der Waals surface area contributed by atoms with Crippen molar-refractivity contribution in [2.24, 2.45) is 5.73 Å². The average molecular weight is 241 g/mol. The molecule has 18 heavy (non-hydrogen) atoms. The van der Waals surface area contributed by atoms with E-state index in [4.69, 9.17) is 10.2 Å². The molecular weight excluding hydrogens is 222 g/mol. The molecule has 1 aromatic carbocycles. The molecule has 2 aromatic rings. The molecule has 1 aliphatic carbocycles. The summed E-state index contributed by atoms with van der Waals surface area (Å²) in [6.45, 7) is 0. The number of benzene rings is 1. The number of fused-ring (bicyclic) bond motifs is 1. The summed E-state index contributed by atoms with van der Waals surface area (Å²) in [4.78, 5) is 0. The van der Waals surface area contributed by atoms with Crippen LogP contribution in [0.5, 0.6) is 0 Å². The van der Waals surface area contributed by atoms with Crippen LogP contribution in [0.1, 0.15) is 35.4 Å². The van der Waals surface area contributed by atoms with E-state index in [1.54, 1.807) is 12.5 Å². The lowest BCUT2D eigenvalue weighted by atomic mass is 9.77. The summed E-state index contributed by atoms with van der Waals surface area (Å²) in [6.07, 6.45) is 8.07. The van der Waals surface area contributed by atoms with E-state index in [-0.39, 0.29) is 6.04 Å². The van der Waals surface area contributed by atoms with Crippen molar-refractivity contribution in [3.05, 3.63) is 59.5 Å². The second-order valence-electron chi connectivity index (χ2n) is 5.20. The molecule has 2 N–H and O–H groups in total. The second-order valence-corrected chi connectivity index (χ2v) is 5.20. The molecule has 0 amide bonds. The summed E-state index contributed by atoms with van der Waals surface area (Å²) in [5, 5.41) is 0. The van der Waals surface area contributed by atoms with Crippen LogP contribution < -0.4 is 5.73 Å². The fourth-order valence-electron chi connectivity index (χ4n) is 3.06. The third-order valence-electron chi connectivity index (χ3n) is 3.98. The quantitative estimate of drug-likeness (QED) is 0.895. The predicted octanol–water partition coefficient (Wildman–Crippen LogP) is 3.27. The van der Waals surface area contributed by atoms with E-state index in [9.17, 15) is 0 Å². The Bertz CT molecular complexity index is 504. The number of hydrogen-bond donors (Lipinski definition) is 1. The van der Waals surface area contributed by atoms with Crippen LogP contribution in [-0.2, 0) is 12.8 Å². The molecule has 0 fully saturated rings. The zero-order valence-electron chi connectivity index (χ0n) is 10.5. The molecule has 1 aliphatic rings. The van der Waals surface area contributed by atoms with Gasteiger partial charge in [-0.2, -0.15) is 0 Å². The minimum Gasteiger partial charge on any atom is -0.472 e. The van der Waals surface area contributed by atoms with Gasteiger partial charge in [0.1, 0.15) is 0 Å². The van der Waals surface area contributed by atoms with Crippen LogP contribution in [0.2, 0.25) is 0 Å². The van der Waals surface area contributed by atoms with Crippen molar-refractivity contribution < 1.29 is 4.42 Å². The number of hydrogen-bond acceptors (Lipinski definition) is 2. The third-order valence-corrected chi connectivity index (χ3v) is 3.98. The average Bonchev–Trinajstić information content (AvgIpc) is 2.91. The van der Waals surface area contributed by atoms with Gasteiger partial charge in [-0.1, -0.05) is 24.3 Å². The van der Waals surface area contributed by atoms with Crippen LogP contribution >= 0.6 is 0 Å². The lowest BCUT2D eigenvalue weighted by Crippen LogP contribution is -2.32. The molecule has 2 unspecified atom stereocenters. The van der Waals surface area contributed by atoms with E-state index >= 15 is 0 Å². The molecule has 0 bridgehead atoms. The Labute approximate surface area is 108 Å². The SMILES string of the molecule is NC(Cc1ccoc1)C1CCCc2ccccc21. The summed E-state index contributed by atoms with van der Waals surface area (Å²) in [6, 6.07) is 10.9. The smallest absolute Gasteiger partial charge is 0.0935 e. The van der Waals surface area contributed by atoms with Gasteiger partial charge in [-0.05, 0) is 54.4 Å². The van der Waals surface area contributed by atoms with Crippen molar-refractivity contribution in [3.63, 3.8) is 0 Å². The van der Waals surface area contributed by atoms with E-state index in [2.05, 4.69) is 24.3 Å².